The van der Waals surface area contributed by atoms with Crippen LogP contribution < -0.4 is 5.32 Å². The van der Waals surface area contributed by atoms with Gasteiger partial charge in [-0.2, -0.15) is 0 Å². The minimum atomic E-state index is -1.08. The number of hydrogen-bond acceptors (Lipinski definition) is 6. The summed E-state index contributed by atoms with van der Waals surface area (Å²) in [6.07, 6.45) is 8.36. The van der Waals surface area contributed by atoms with E-state index in [9.17, 15) is 9.50 Å². The molecule has 3 aromatic rings. The largest absolute Gasteiger partial charge is 0.507 e. The summed E-state index contributed by atoms with van der Waals surface area (Å²) in [4.78, 5) is 8.42. The average molecular weight is 389 g/mol. The van der Waals surface area contributed by atoms with Gasteiger partial charge >= 0.3 is 0 Å². The van der Waals surface area contributed by atoms with Gasteiger partial charge in [0.2, 0.25) is 0 Å². The van der Waals surface area contributed by atoms with E-state index in [1.54, 1.807) is 30.7 Å². The van der Waals surface area contributed by atoms with Gasteiger partial charge in [0.25, 0.3) is 0 Å². The number of fused-ring (bicyclic) bond motifs is 3. The zero-order valence-corrected chi connectivity index (χ0v) is 15.9. The molecule has 4 heterocycles. The Morgan fingerprint density at radius 3 is 2.93 bits per heavy atom. The van der Waals surface area contributed by atoms with Gasteiger partial charge in [0.15, 0.2) is 5.82 Å². The van der Waals surface area contributed by atoms with Crippen LogP contribution >= 0.6 is 0 Å². The Morgan fingerprint density at radius 1 is 1.28 bits per heavy atom. The van der Waals surface area contributed by atoms with Gasteiger partial charge < -0.3 is 5.11 Å². The summed E-state index contributed by atoms with van der Waals surface area (Å²) in [6.45, 7) is 6.15. The number of nitrogens with zero attached hydrogens (tertiary/aromatic N) is 4. The lowest BCUT2D eigenvalue weighted by atomic mass is 9.78. The van der Waals surface area contributed by atoms with Gasteiger partial charge in [0.1, 0.15) is 17.6 Å². The average Bonchev–Trinajstić information content (AvgIpc) is 3.07. The van der Waals surface area contributed by atoms with E-state index in [0.717, 1.165) is 10.8 Å². The van der Waals surface area contributed by atoms with Crippen molar-refractivity contribution in [2.45, 2.75) is 31.1 Å². The third-order valence-electron chi connectivity index (χ3n) is 5.87. The lowest BCUT2D eigenvalue weighted by Gasteiger charge is -2.39. The summed E-state index contributed by atoms with van der Waals surface area (Å²) in [7, 11) is 0. The standard InChI is InChI=1S/C22H20FN5O/c1-12(16-9-22(2)5-3-17(26-22)20(16)23)18-11-25-21(28-27-18)15-7-13-4-6-24-10-14(13)8-19(15)29/h3-8,10-11,16-17,20,26,29H,1,9H2,2H3/t16-,17-,20-,22+/m1/s1. The summed E-state index contributed by atoms with van der Waals surface area (Å²) in [5.74, 6) is -0.00466. The van der Waals surface area contributed by atoms with Crippen LogP contribution in [0.5, 0.6) is 5.75 Å². The highest BCUT2D eigenvalue weighted by atomic mass is 19.1. The van der Waals surface area contributed by atoms with E-state index in [0.29, 0.717) is 29.1 Å². The second-order valence-corrected chi connectivity index (χ2v) is 7.99. The minimum Gasteiger partial charge on any atom is -0.507 e. The monoisotopic (exact) mass is 389 g/mol. The molecule has 6 nitrogen and oxygen atoms in total. The number of alkyl halides is 1. The second kappa shape index (κ2) is 6.42. The first-order valence-corrected chi connectivity index (χ1v) is 9.51. The molecule has 2 bridgehead atoms. The Kier molecular flexibility index (Phi) is 3.96. The number of piperidine rings is 1. The zero-order chi connectivity index (χ0) is 20.2. The summed E-state index contributed by atoms with van der Waals surface area (Å²) in [5, 5.41) is 23.8. The predicted octanol–water partition coefficient (Wildman–Crippen LogP) is 3.45. The van der Waals surface area contributed by atoms with E-state index < -0.39 is 6.17 Å². The zero-order valence-electron chi connectivity index (χ0n) is 15.9. The molecule has 0 aliphatic carbocycles. The maximum atomic E-state index is 14.9. The molecule has 2 N–H and O–H groups in total. The normalized spacial score (nSPS) is 28.0. The van der Waals surface area contributed by atoms with Crippen molar-refractivity contribution in [2.24, 2.45) is 5.92 Å². The van der Waals surface area contributed by atoms with Crippen molar-refractivity contribution in [2.75, 3.05) is 0 Å². The van der Waals surface area contributed by atoms with Crippen molar-refractivity contribution < 1.29 is 9.50 Å². The van der Waals surface area contributed by atoms with Crippen LogP contribution in [0.4, 0.5) is 4.39 Å². The molecule has 0 amide bonds. The molecule has 0 saturated carbocycles. The summed E-state index contributed by atoms with van der Waals surface area (Å²) in [5.41, 5.74) is 1.32. The van der Waals surface area contributed by atoms with Crippen LogP contribution in [-0.2, 0) is 0 Å². The lowest BCUT2D eigenvalue weighted by Crippen LogP contribution is -2.54. The molecule has 2 aromatic heterocycles. The van der Waals surface area contributed by atoms with Crippen molar-refractivity contribution >= 4 is 16.3 Å². The summed E-state index contributed by atoms with van der Waals surface area (Å²) >= 11 is 0. The van der Waals surface area contributed by atoms with Crippen LogP contribution in [0, 0.1) is 5.92 Å². The van der Waals surface area contributed by atoms with Crippen LogP contribution in [-0.4, -0.2) is 43.0 Å². The highest BCUT2D eigenvalue weighted by Crippen LogP contribution is 2.41. The quantitative estimate of drug-likeness (QED) is 0.668. The summed E-state index contributed by atoms with van der Waals surface area (Å²) < 4.78 is 14.9. The Bertz CT molecular complexity index is 1150. The maximum absolute atomic E-state index is 14.9. The first kappa shape index (κ1) is 17.9. The topological polar surface area (TPSA) is 83.8 Å². The van der Waals surface area contributed by atoms with Crippen LogP contribution in [0.1, 0.15) is 19.0 Å². The molecule has 1 fully saturated rings. The van der Waals surface area contributed by atoms with Crippen molar-refractivity contribution in [3.63, 3.8) is 0 Å². The van der Waals surface area contributed by atoms with Gasteiger partial charge in [-0.25, -0.2) is 9.37 Å². The van der Waals surface area contributed by atoms with Gasteiger partial charge in [0.05, 0.1) is 17.8 Å². The van der Waals surface area contributed by atoms with E-state index in [4.69, 9.17) is 0 Å². The highest BCUT2D eigenvalue weighted by molar-refractivity contribution is 5.88. The molecule has 5 rings (SSSR count). The van der Waals surface area contributed by atoms with E-state index in [1.807, 2.05) is 18.2 Å². The number of pyridine rings is 1. The van der Waals surface area contributed by atoms with Crippen molar-refractivity contribution in [3.8, 4) is 17.1 Å². The fraction of sp³-hybridized carbons (Fsp3) is 0.273. The van der Waals surface area contributed by atoms with Crippen LogP contribution in [0.15, 0.2) is 55.5 Å². The molecule has 29 heavy (non-hydrogen) atoms. The van der Waals surface area contributed by atoms with Crippen LogP contribution in [0.2, 0.25) is 0 Å². The second-order valence-electron chi connectivity index (χ2n) is 7.99. The molecule has 2 aliphatic heterocycles. The molecule has 0 spiro atoms. The Labute approximate surface area is 167 Å². The maximum Gasteiger partial charge on any atom is 0.185 e. The predicted molar refractivity (Wildman–Crippen MR) is 109 cm³/mol. The number of rotatable bonds is 3. The van der Waals surface area contributed by atoms with Crippen LogP contribution in [0.25, 0.3) is 27.7 Å². The molecule has 1 aromatic carbocycles. The molecule has 1 saturated heterocycles. The van der Waals surface area contributed by atoms with E-state index in [2.05, 4.69) is 39.0 Å². The molecular weight excluding hydrogens is 369 g/mol. The third-order valence-corrected chi connectivity index (χ3v) is 5.87. The molecule has 4 atom stereocenters. The fourth-order valence-electron chi connectivity index (χ4n) is 4.28. The Hall–Kier alpha value is -3.19. The van der Waals surface area contributed by atoms with Gasteiger partial charge in [-0.3, -0.25) is 10.3 Å². The van der Waals surface area contributed by atoms with E-state index >= 15 is 0 Å². The molecule has 2 aliphatic rings. The molecule has 146 valence electrons. The Balaban J connectivity index is 1.43. The molecular formula is C22H20FN5O. The van der Waals surface area contributed by atoms with Gasteiger partial charge in [-0.05, 0) is 42.5 Å². The fourth-order valence-corrected chi connectivity index (χ4v) is 4.28. The smallest absolute Gasteiger partial charge is 0.185 e. The number of aromatic nitrogens is 4. The minimum absolute atomic E-state index is 0.0524. The first-order valence-electron chi connectivity index (χ1n) is 9.51. The van der Waals surface area contributed by atoms with Gasteiger partial charge in [-0.15, -0.1) is 10.2 Å². The van der Waals surface area contributed by atoms with Crippen molar-refractivity contribution in [3.05, 3.63) is 61.2 Å². The number of halogens is 1. The number of phenols is 1. The number of benzene rings is 1. The van der Waals surface area contributed by atoms with Crippen molar-refractivity contribution in [1.29, 1.82) is 0 Å². The number of nitrogens with one attached hydrogen (secondary N) is 1. The lowest BCUT2D eigenvalue weighted by molar-refractivity contribution is 0.146. The van der Waals surface area contributed by atoms with Gasteiger partial charge in [0, 0.05) is 29.2 Å². The van der Waals surface area contributed by atoms with E-state index in [-0.39, 0.29) is 23.2 Å². The summed E-state index contributed by atoms with van der Waals surface area (Å²) in [6, 6.07) is 4.97. The Morgan fingerprint density at radius 2 is 2.14 bits per heavy atom. The number of phenolic OH excluding ortho intramolecular Hbond substituents is 1. The number of hydrogen-bond donors (Lipinski definition) is 2. The van der Waals surface area contributed by atoms with Crippen LogP contribution in [0.3, 0.4) is 0 Å². The molecule has 7 heteroatoms. The first-order chi connectivity index (χ1) is 13.9. The SMILES string of the molecule is C=C(c1cnc(-c2cc3ccncc3cc2O)nn1)[C@H]1C[C@]2(C)C=C[C@@H](N2)[C@@H]1F. The highest BCUT2D eigenvalue weighted by Gasteiger charge is 2.46. The third kappa shape index (κ3) is 2.98. The van der Waals surface area contributed by atoms with Crippen molar-refractivity contribution in [1.82, 2.24) is 25.5 Å². The van der Waals surface area contributed by atoms with E-state index in [1.165, 1.54) is 0 Å². The number of aromatic hydroxyl groups is 1. The number of allylic oxidation sites excluding steroid dienone is 1. The molecule has 0 unspecified atom stereocenters. The van der Waals surface area contributed by atoms with Gasteiger partial charge in [-0.1, -0.05) is 18.7 Å². The molecule has 0 radical (unpaired) electrons.